The number of ether oxygens (including phenoxy) is 1. The molecule has 0 aliphatic carbocycles. The van der Waals surface area contributed by atoms with Gasteiger partial charge in [0.1, 0.15) is 5.75 Å². The molecule has 0 saturated carbocycles. The zero-order chi connectivity index (χ0) is 19.9. The fourth-order valence-electron chi connectivity index (χ4n) is 2.70. The molecule has 1 heterocycles. The SMILES string of the molecule is Cc1cc(C=CC#N)cc(C)c1Oc1ccnc(Nc2ccc(C#N)cc2)n1. The van der Waals surface area contributed by atoms with Gasteiger partial charge in [0.2, 0.25) is 11.8 Å². The molecule has 28 heavy (non-hydrogen) atoms. The van der Waals surface area contributed by atoms with E-state index in [9.17, 15) is 0 Å². The maximum Gasteiger partial charge on any atom is 0.230 e. The van der Waals surface area contributed by atoms with Crippen LogP contribution >= 0.6 is 0 Å². The first kappa shape index (κ1) is 18.6. The lowest BCUT2D eigenvalue weighted by molar-refractivity contribution is 0.455. The van der Waals surface area contributed by atoms with Crippen LogP contribution in [0, 0.1) is 36.5 Å². The Morgan fingerprint density at radius 2 is 1.75 bits per heavy atom. The van der Waals surface area contributed by atoms with Crippen LogP contribution in [0.25, 0.3) is 6.08 Å². The number of anilines is 2. The van der Waals surface area contributed by atoms with Crippen molar-refractivity contribution in [1.29, 1.82) is 10.5 Å². The van der Waals surface area contributed by atoms with Crippen LogP contribution in [0.15, 0.2) is 54.7 Å². The highest BCUT2D eigenvalue weighted by molar-refractivity contribution is 5.58. The van der Waals surface area contributed by atoms with Gasteiger partial charge in [-0.15, -0.1) is 0 Å². The number of nitrogens with zero attached hydrogens (tertiary/aromatic N) is 4. The summed E-state index contributed by atoms with van der Waals surface area (Å²) in [5.74, 6) is 1.53. The van der Waals surface area contributed by atoms with Gasteiger partial charge in [0, 0.05) is 24.0 Å². The van der Waals surface area contributed by atoms with Gasteiger partial charge in [0.05, 0.1) is 17.7 Å². The number of rotatable bonds is 5. The molecule has 0 amide bonds. The van der Waals surface area contributed by atoms with Crippen molar-refractivity contribution in [2.24, 2.45) is 0 Å². The van der Waals surface area contributed by atoms with E-state index in [4.69, 9.17) is 15.3 Å². The van der Waals surface area contributed by atoms with Crippen molar-refractivity contribution in [3.05, 3.63) is 77.0 Å². The third-order valence-corrected chi connectivity index (χ3v) is 3.94. The molecule has 0 fully saturated rings. The van der Waals surface area contributed by atoms with Crippen molar-refractivity contribution in [3.63, 3.8) is 0 Å². The van der Waals surface area contributed by atoms with Crippen molar-refractivity contribution in [2.75, 3.05) is 5.32 Å². The van der Waals surface area contributed by atoms with E-state index in [0.29, 0.717) is 17.4 Å². The minimum absolute atomic E-state index is 0.395. The van der Waals surface area contributed by atoms with E-state index in [2.05, 4.69) is 21.4 Å². The van der Waals surface area contributed by atoms with Crippen molar-refractivity contribution >= 4 is 17.7 Å². The molecule has 6 heteroatoms. The molecule has 1 N–H and O–H groups in total. The zero-order valence-corrected chi connectivity index (χ0v) is 15.5. The molecule has 0 saturated heterocycles. The first-order chi connectivity index (χ1) is 13.6. The van der Waals surface area contributed by atoms with Crippen molar-refractivity contribution in [2.45, 2.75) is 13.8 Å². The number of benzene rings is 2. The number of nitriles is 2. The van der Waals surface area contributed by atoms with Gasteiger partial charge in [0.25, 0.3) is 0 Å². The van der Waals surface area contributed by atoms with Crippen LogP contribution in [-0.4, -0.2) is 9.97 Å². The van der Waals surface area contributed by atoms with Crippen molar-refractivity contribution in [1.82, 2.24) is 9.97 Å². The Labute approximate surface area is 163 Å². The molecular formula is C22H17N5O. The third kappa shape index (κ3) is 4.51. The second-order valence-electron chi connectivity index (χ2n) is 6.08. The van der Waals surface area contributed by atoms with Crippen LogP contribution in [0.2, 0.25) is 0 Å². The molecule has 0 spiro atoms. The lowest BCUT2D eigenvalue weighted by atomic mass is 10.1. The molecule has 0 aliphatic rings. The van der Waals surface area contributed by atoms with E-state index in [0.717, 1.165) is 28.1 Å². The largest absolute Gasteiger partial charge is 0.438 e. The van der Waals surface area contributed by atoms with Crippen LogP contribution in [-0.2, 0) is 0 Å². The Balaban J connectivity index is 1.80. The molecule has 0 bridgehead atoms. The minimum Gasteiger partial charge on any atom is -0.438 e. The van der Waals surface area contributed by atoms with E-state index in [1.807, 2.05) is 32.0 Å². The highest BCUT2D eigenvalue weighted by atomic mass is 16.5. The Morgan fingerprint density at radius 1 is 1.04 bits per heavy atom. The molecule has 1 aromatic heterocycles. The topological polar surface area (TPSA) is 94.6 Å². The van der Waals surface area contributed by atoms with Crippen LogP contribution in [0.3, 0.4) is 0 Å². The standard InChI is InChI=1S/C22H17N5O/c1-15-12-18(4-3-10-23)13-16(2)21(15)28-20-9-11-25-22(27-20)26-19-7-5-17(14-24)6-8-19/h3-9,11-13H,1-2H3,(H,25,26,27). The van der Waals surface area contributed by atoms with Gasteiger partial charge in [-0.3, -0.25) is 0 Å². The quantitative estimate of drug-likeness (QED) is 0.635. The minimum atomic E-state index is 0.395. The summed E-state index contributed by atoms with van der Waals surface area (Å²) in [4.78, 5) is 8.60. The molecule has 0 atom stereocenters. The van der Waals surface area contributed by atoms with Gasteiger partial charge in [0.15, 0.2) is 0 Å². The van der Waals surface area contributed by atoms with E-state index in [1.165, 1.54) is 6.08 Å². The third-order valence-electron chi connectivity index (χ3n) is 3.94. The summed E-state index contributed by atoms with van der Waals surface area (Å²) < 4.78 is 5.99. The number of nitrogens with one attached hydrogen (secondary N) is 1. The summed E-state index contributed by atoms with van der Waals surface area (Å²) >= 11 is 0. The molecule has 3 aromatic rings. The van der Waals surface area contributed by atoms with Gasteiger partial charge in [-0.2, -0.15) is 15.5 Å². The maximum atomic E-state index is 8.87. The van der Waals surface area contributed by atoms with Gasteiger partial charge < -0.3 is 10.1 Å². The van der Waals surface area contributed by atoms with Crippen LogP contribution in [0.1, 0.15) is 22.3 Å². The second-order valence-corrected chi connectivity index (χ2v) is 6.08. The van der Waals surface area contributed by atoms with E-state index < -0.39 is 0 Å². The van der Waals surface area contributed by atoms with Gasteiger partial charge in [-0.05, 0) is 73.0 Å². The van der Waals surface area contributed by atoms with E-state index in [-0.39, 0.29) is 0 Å². The molecule has 0 unspecified atom stereocenters. The van der Waals surface area contributed by atoms with E-state index in [1.54, 1.807) is 42.6 Å². The molecule has 136 valence electrons. The van der Waals surface area contributed by atoms with Crippen molar-refractivity contribution < 1.29 is 4.74 Å². The summed E-state index contributed by atoms with van der Waals surface area (Å²) in [6.45, 7) is 3.90. The van der Waals surface area contributed by atoms with E-state index >= 15 is 0 Å². The Hall–Kier alpha value is -4.16. The van der Waals surface area contributed by atoms with Gasteiger partial charge in [-0.1, -0.05) is 0 Å². The first-order valence-corrected chi connectivity index (χ1v) is 8.54. The molecule has 0 radical (unpaired) electrons. The number of aryl methyl sites for hydroxylation is 2. The van der Waals surface area contributed by atoms with Crippen LogP contribution < -0.4 is 10.1 Å². The predicted octanol–water partition coefficient (Wildman–Crippen LogP) is 5.04. The highest BCUT2D eigenvalue weighted by Gasteiger charge is 2.09. The van der Waals surface area contributed by atoms with Crippen LogP contribution in [0.5, 0.6) is 11.6 Å². The summed E-state index contributed by atoms with van der Waals surface area (Å²) in [5, 5.41) is 20.6. The molecule has 3 rings (SSSR count). The number of hydrogen-bond donors (Lipinski definition) is 1. The highest BCUT2D eigenvalue weighted by Crippen LogP contribution is 2.30. The summed E-state index contributed by atoms with van der Waals surface area (Å²) in [6.07, 6.45) is 4.82. The fourth-order valence-corrected chi connectivity index (χ4v) is 2.70. The van der Waals surface area contributed by atoms with Crippen LogP contribution in [0.4, 0.5) is 11.6 Å². The lowest BCUT2D eigenvalue weighted by Gasteiger charge is -2.13. The normalized spacial score (nSPS) is 10.3. The second kappa shape index (κ2) is 8.48. The average Bonchev–Trinajstić information content (AvgIpc) is 2.70. The Bertz CT molecular complexity index is 1080. The molecule has 2 aromatic carbocycles. The maximum absolute atomic E-state index is 8.87. The van der Waals surface area contributed by atoms with Gasteiger partial charge in [-0.25, -0.2) is 4.98 Å². The predicted molar refractivity (Wildman–Crippen MR) is 107 cm³/mol. The zero-order valence-electron chi connectivity index (χ0n) is 15.5. The average molecular weight is 367 g/mol. The number of aromatic nitrogens is 2. The number of allylic oxidation sites excluding steroid dienone is 1. The fraction of sp³-hybridized carbons (Fsp3) is 0.0909. The lowest BCUT2D eigenvalue weighted by Crippen LogP contribution is -1.99. The monoisotopic (exact) mass is 367 g/mol. The molecular weight excluding hydrogens is 350 g/mol. The summed E-state index contributed by atoms with van der Waals surface area (Å²) in [7, 11) is 0. The first-order valence-electron chi connectivity index (χ1n) is 8.54. The van der Waals surface area contributed by atoms with Gasteiger partial charge >= 0.3 is 0 Å². The molecule has 6 nitrogen and oxygen atoms in total. The Kier molecular flexibility index (Phi) is 5.64. The summed E-state index contributed by atoms with van der Waals surface area (Å²) in [6, 6.07) is 16.7. The molecule has 0 aliphatic heterocycles. The Morgan fingerprint density at radius 3 is 2.39 bits per heavy atom. The smallest absolute Gasteiger partial charge is 0.230 e. The number of hydrogen-bond acceptors (Lipinski definition) is 6. The van der Waals surface area contributed by atoms with Crippen molar-refractivity contribution in [3.8, 4) is 23.8 Å². The summed E-state index contributed by atoms with van der Waals surface area (Å²) in [5.41, 5.74) is 4.19.